The van der Waals surface area contributed by atoms with Crippen LogP contribution >= 0.6 is 0 Å². The largest absolute Gasteiger partial charge is 0.324 e. The number of carbonyl (C=O) groups excluding carboxylic acids is 2. The van der Waals surface area contributed by atoms with Crippen molar-refractivity contribution in [3.05, 3.63) is 76.6 Å². The molecule has 6 heteroatoms. The zero-order chi connectivity index (χ0) is 20.3. The van der Waals surface area contributed by atoms with Crippen molar-refractivity contribution in [2.75, 3.05) is 10.6 Å². The molecule has 144 valence electrons. The van der Waals surface area contributed by atoms with Crippen LogP contribution in [0.15, 0.2) is 48.7 Å². The maximum atomic E-state index is 12.4. The molecule has 0 saturated heterocycles. The second-order valence-electron chi connectivity index (χ2n) is 7.00. The first-order chi connectivity index (χ1) is 13.3. The molecule has 0 aliphatic rings. The summed E-state index contributed by atoms with van der Waals surface area (Å²) >= 11 is 0. The molecule has 0 radical (unpaired) electrons. The van der Waals surface area contributed by atoms with Crippen molar-refractivity contribution < 1.29 is 9.59 Å². The topological polar surface area (TPSA) is 76.0 Å². The van der Waals surface area contributed by atoms with Gasteiger partial charge in [0.2, 0.25) is 5.91 Å². The van der Waals surface area contributed by atoms with E-state index in [1.54, 1.807) is 12.3 Å². The van der Waals surface area contributed by atoms with Gasteiger partial charge in [0.05, 0.1) is 0 Å². The molecular formula is C22H24N4O2. The van der Waals surface area contributed by atoms with E-state index in [-0.39, 0.29) is 24.1 Å². The van der Waals surface area contributed by atoms with Crippen molar-refractivity contribution in [3.63, 3.8) is 0 Å². The minimum Gasteiger partial charge on any atom is -0.324 e. The van der Waals surface area contributed by atoms with Crippen LogP contribution in [0.25, 0.3) is 0 Å². The predicted molar refractivity (Wildman–Crippen MR) is 111 cm³/mol. The minimum absolute atomic E-state index is 0.0316. The van der Waals surface area contributed by atoms with Crippen molar-refractivity contribution in [1.82, 2.24) is 9.78 Å². The van der Waals surface area contributed by atoms with Gasteiger partial charge in [-0.05, 0) is 80.3 Å². The molecular weight excluding hydrogens is 352 g/mol. The molecule has 0 bridgehead atoms. The molecule has 2 amide bonds. The van der Waals surface area contributed by atoms with E-state index in [9.17, 15) is 9.59 Å². The van der Waals surface area contributed by atoms with Crippen LogP contribution in [0.4, 0.5) is 11.4 Å². The Balaban J connectivity index is 1.61. The third-order valence-corrected chi connectivity index (χ3v) is 4.73. The molecule has 0 spiro atoms. The van der Waals surface area contributed by atoms with Crippen molar-refractivity contribution >= 4 is 23.2 Å². The highest BCUT2D eigenvalue weighted by atomic mass is 16.2. The molecule has 1 aromatic heterocycles. The lowest BCUT2D eigenvalue weighted by molar-refractivity contribution is -0.116. The number of nitrogens with zero attached hydrogens (tertiary/aromatic N) is 2. The second kappa shape index (κ2) is 8.08. The summed E-state index contributed by atoms with van der Waals surface area (Å²) in [7, 11) is 0. The number of aromatic nitrogens is 2. The molecule has 0 unspecified atom stereocenters. The Labute approximate surface area is 164 Å². The van der Waals surface area contributed by atoms with E-state index < -0.39 is 0 Å². The zero-order valence-corrected chi connectivity index (χ0v) is 16.5. The van der Waals surface area contributed by atoms with Crippen LogP contribution in [0.5, 0.6) is 0 Å². The number of nitrogens with one attached hydrogen (secondary N) is 2. The van der Waals surface area contributed by atoms with E-state index in [0.29, 0.717) is 0 Å². The van der Waals surface area contributed by atoms with Gasteiger partial charge >= 0.3 is 0 Å². The summed E-state index contributed by atoms with van der Waals surface area (Å²) < 4.78 is 1.45. The number of aryl methyl sites for hydroxylation is 4. The lowest BCUT2D eigenvalue weighted by Crippen LogP contribution is -2.20. The highest BCUT2D eigenvalue weighted by molar-refractivity contribution is 6.02. The van der Waals surface area contributed by atoms with E-state index >= 15 is 0 Å². The standard InChI is InChI=1S/C22H24N4O2/c1-14-5-7-18(11-16(14)3)23-21(27)13-26-10-9-20(25-26)22(28)24-19-8-6-15(2)17(4)12-19/h5-12H,13H2,1-4H3,(H,23,27)(H,24,28). The van der Waals surface area contributed by atoms with Crippen LogP contribution in [0.3, 0.4) is 0 Å². The third-order valence-electron chi connectivity index (χ3n) is 4.73. The summed E-state index contributed by atoms with van der Waals surface area (Å²) in [4.78, 5) is 24.6. The SMILES string of the molecule is Cc1ccc(NC(=O)Cn2ccc(C(=O)Nc3ccc(C)c(C)c3)n2)cc1C. The van der Waals surface area contributed by atoms with Crippen LogP contribution in [0, 0.1) is 27.7 Å². The first kappa shape index (κ1) is 19.4. The van der Waals surface area contributed by atoms with Gasteiger partial charge in [-0.15, -0.1) is 0 Å². The van der Waals surface area contributed by atoms with Crippen LogP contribution in [0.2, 0.25) is 0 Å². The van der Waals surface area contributed by atoms with E-state index in [1.807, 2.05) is 64.1 Å². The monoisotopic (exact) mass is 376 g/mol. The first-order valence-corrected chi connectivity index (χ1v) is 9.11. The van der Waals surface area contributed by atoms with Gasteiger partial charge in [-0.2, -0.15) is 5.10 Å². The number of rotatable bonds is 5. The fraction of sp³-hybridized carbons (Fsp3) is 0.227. The van der Waals surface area contributed by atoms with Crippen molar-refractivity contribution in [2.45, 2.75) is 34.2 Å². The summed E-state index contributed by atoms with van der Waals surface area (Å²) in [5, 5.41) is 9.88. The molecule has 2 aromatic carbocycles. The molecule has 0 fully saturated rings. The van der Waals surface area contributed by atoms with Crippen LogP contribution in [0.1, 0.15) is 32.7 Å². The van der Waals surface area contributed by atoms with Gasteiger partial charge in [0.25, 0.3) is 5.91 Å². The normalized spacial score (nSPS) is 10.6. The molecule has 0 aliphatic carbocycles. The van der Waals surface area contributed by atoms with Gasteiger partial charge in [0.15, 0.2) is 5.69 Å². The number of benzene rings is 2. The highest BCUT2D eigenvalue weighted by Gasteiger charge is 2.12. The van der Waals surface area contributed by atoms with Crippen molar-refractivity contribution in [2.24, 2.45) is 0 Å². The van der Waals surface area contributed by atoms with Crippen LogP contribution in [-0.2, 0) is 11.3 Å². The van der Waals surface area contributed by atoms with Crippen LogP contribution in [-0.4, -0.2) is 21.6 Å². The van der Waals surface area contributed by atoms with Gasteiger partial charge in [0.1, 0.15) is 6.54 Å². The quantitative estimate of drug-likeness (QED) is 0.706. The summed E-state index contributed by atoms with van der Waals surface area (Å²) in [6.07, 6.45) is 1.62. The van der Waals surface area contributed by atoms with E-state index in [2.05, 4.69) is 15.7 Å². The number of anilines is 2. The Bertz CT molecular complexity index is 1040. The van der Waals surface area contributed by atoms with E-state index in [0.717, 1.165) is 28.1 Å². The highest BCUT2D eigenvalue weighted by Crippen LogP contribution is 2.16. The fourth-order valence-corrected chi connectivity index (χ4v) is 2.75. The summed E-state index contributed by atoms with van der Waals surface area (Å²) in [6, 6.07) is 13.1. The summed E-state index contributed by atoms with van der Waals surface area (Å²) in [5.41, 5.74) is 6.27. The molecule has 3 rings (SSSR count). The van der Waals surface area contributed by atoms with Crippen molar-refractivity contribution in [3.8, 4) is 0 Å². The smallest absolute Gasteiger partial charge is 0.276 e. The Morgan fingerprint density at radius 3 is 1.96 bits per heavy atom. The van der Waals surface area contributed by atoms with Crippen molar-refractivity contribution in [1.29, 1.82) is 0 Å². The third kappa shape index (κ3) is 4.65. The molecule has 2 N–H and O–H groups in total. The molecule has 3 aromatic rings. The lowest BCUT2D eigenvalue weighted by atomic mass is 10.1. The van der Waals surface area contributed by atoms with E-state index in [4.69, 9.17) is 0 Å². The molecule has 28 heavy (non-hydrogen) atoms. The number of amides is 2. The Morgan fingerprint density at radius 1 is 0.821 bits per heavy atom. The lowest BCUT2D eigenvalue weighted by Gasteiger charge is -2.08. The predicted octanol–water partition coefficient (Wildman–Crippen LogP) is 4.01. The molecule has 0 atom stereocenters. The molecule has 0 aliphatic heterocycles. The number of carbonyl (C=O) groups is 2. The number of hydrogen-bond donors (Lipinski definition) is 2. The van der Waals surface area contributed by atoms with E-state index in [1.165, 1.54) is 10.2 Å². The van der Waals surface area contributed by atoms with Gasteiger partial charge < -0.3 is 10.6 Å². The molecule has 1 heterocycles. The maximum Gasteiger partial charge on any atom is 0.276 e. The summed E-state index contributed by atoms with van der Waals surface area (Å²) in [5.74, 6) is -0.510. The van der Waals surface area contributed by atoms with Gasteiger partial charge in [-0.25, -0.2) is 0 Å². The summed E-state index contributed by atoms with van der Waals surface area (Å²) in [6.45, 7) is 8.07. The van der Waals surface area contributed by atoms with Gasteiger partial charge in [-0.3, -0.25) is 14.3 Å². The van der Waals surface area contributed by atoms with Gasteiger partial charge in [-0.1, -0.05) is 12.1 Å². The second-order valence-corrected chi connectivity index (χ2v) is 7.00. The first-order valence-electron chi connectivity index (χ1n) is 9.11. The Hall–Kier alpha value is -3.41. The zero-order valence-electron chi connectivity index (χ0n) is 16.5. The Kier molecular flexibility index (Phi) is 5.59. The molecule has 0 saturated carbocycles. The average molecular weight is 376 g/mol. The van der Waals surface area contributed by atoms with Crippen LogP contribution < -0.4 is 10.6 Å². The van der Waals surface area contributed by atoms with Gasteiger partial charge in [0, 0.05) is 17.6 Å². The Morgan fingerprint density at radius 2 is 1.39 bits per heavy atom. The number of hydrogen-bond acceptors (Lipinski definition) is 3. The average Bonchev–Trinajstić information content (AvgIpc) is 3.10. The fourth-order valence-electron chi connectivity index (χ4n) is 2.75. The minimum atomic E-state index is -0.309. The molecule has 6 nitrogen and oxygen atoms in total. The maximum absolute atomic E-state index is 12.4.